The zero-order valence-electron chi connectivity index (χ0n) is 18.1. The average molecular weight is 456 g/mol. The highest BCUT2D eigenvalue weighted by Crippen LogP contribution is 2.49. The number of rotatable bonds is 7. The fraction of sp³-hybridized carbons (Fsp3) is 0.250. The highest BCUT2D eigenvalue weighted by Gasteiger charge is 2.30. The van der Waals surface area contributed by atoms with Crippen molar-refractivity contribution in [2.24, 2.45) is 5.14 Å². The molecule has 8 heteroatoms. The lowest BCUT2D eigenvalue weighted by molar-refractivity contribution is 0.241. The van der Waals surface area contributed by atoms with Gasteiger partial charge in [-0.3, -0.25) is 0 Å². The Morgan fingerprint density at radius 2 is 1.66 bits per heavy atom. The Bertz CT molecular complexity index is 1260. The highest BCUT2D eigenvalue weighted by molar-refractivity contribution is 7.89. The van der Waals surface area contributed by atoms with Crippen LogP contribution in [0.25, 0.3) is 11.1 Å². The molecule has 4 rings (SSSR count). The second-order valence-electron chi connectivity index (χ2n) is 7.48. The number of benzene rings is 3. The summed E-state index contributed by atoms with van der Waals surface area (Å²) in [7, 11) is 1.23. The normalized spacial score (nSPS) is 14.7. The number of nitrogens with two attached hydrogens (primary N) is 1. The molecule has 1 unspecified atom stereocenters. The maximum Gasteiger partial charge on any atom is 0.209 e. The van der Waals surface area contributed by atoms with E-state index >= 15 is 0 Å². The first-order valence-corrected chi connectivity index (χ1v) is 11.8. The van der Waals surface area contributed by atoms with E-state index < -0.39 is 16.1 Å². The molecule has 1 heterocycles. The van der Waals surface area contributed by atoms with Crippen molar-refractivity contribution in [2.45, 2.75) is 12.5 Å². The van der Waals surface area contributed by atoms with Gasteiger partial charge in [0.05, 0.1) is 32.6 Å². The highest BCUT2D eigenvalue weighted by atomic mass is 32.2. The van der Waals surface area contributed by atoms with Gasteiger partial charge in [-0.25, -0.2) is 13.6 Å². The topological polar surface area (TPSA) is 97.1 Å². The Kier molecular flexibility index (Phi) is 5.99. The van der Waals surface area contributed by atoms with E-state index in [0.717, 1.165) is 27.8 Å². The van der Waals surface area contributed by atoms with Crippen LogP contribution in [0.5, 0.6) is 23.0 Å². The molecule has 168 valence electrons. The molecule has 32 heavy (non-hydrogen) atoms. The molecular formula is C24H25NO6S. The Hall–Kier alpha value is -3.23. The molecule has 0 bridgehead atoms. The minimum Gasteiger partial charge on any atom is -0.496 e. The van der Waals surface area contributed by atoms with E-state index in [9.17, 15) is 8.42 Å². The van der Waals surface area contributed by atoms with Gasteiger partial charge in [-0.2, -0.15) is 0 Å². The van der Waals surface area contributed by atoms with Crippen LogP contribution in [-0.4, -0.2) is 35.5 Å². The standard InChI is InChI=1S/C24H25NO6S/c1-28-19-10-8-16(14-22(19)30-3)24-18-13-15(11-12-32(25,26)27)7-9-17(18)23-20(29-2)5-4-6-21(23)31-24/h4-10,13-14,24H,11-12H2,1-3H3,(H2,25,26,27). The average Bonchev–Trinajstić information content (AvgIpc) is 2.80. The van der Waals surface area contributed by atoms with Gasteiger partial charge >= 0.3 is 0 Å². The predicted octanol–water partition coefficient (Wildman–Crippen LogP) is 3.69. The first-order valence-electron chi connectivity index (χ1n) is 10.0. The predicted molar refractivity (Wildman–Crippen MR) is 122 cm³/mol. The molecule has 0 aromatic heterocycles. The van der Waals surface area contributed by atoms with Crippen LogP contribution < -0.4 is 24.1 Å². The van der Waals surface area contributed by atoms with E-state index in [0.29, 0.717) is 29.4 Å². The van der Waals surface area contributed by atoms with E-state index in [4.69, 9.17) is 24.1 Å². The van der Waals surface area contributed by atoms with Crippen LogP contribution in [0, 0.1) is 0 Å². The van der Waals surface area contributed by atoms with Crippen LogP contribution in [0.15, 0.2) is 54.6 Å². The van der Waals surface area contributed by atoms with E-state index in [2.05, 4.69) is 0 Å². The van der Waals surface area contributed by atoms with Crippen molar-refractivity contribution >= 4 is 10.0 Å². The number of hydrogen-bond donors (Lipinski definition) is 1. The van der Waals surface area contributed by atoms with E-state index in [1.165, 1.54) is 0 Å². The summed E-state index contributed by atoms with van der Waals surface area (Å²) in [6, 6.07) is 17.2. The Morgan fingerprint density at radius 3 is 2.34 bits per heavy atom. The van der Waals surface area contributed by atoms with E-state index in [1.807, 2.05) is 54.6 Å². The van der Waals surface area contributed by atoms with Crippen LogP contribution in [0.4, 0.5) is 0 Å². The van der Waals surface area contributed by atoms with Gasteiger partial charge in [-0.1, -0.05) is 30.3 Å². The zero-order chi connectivity index (χ0) is 22.9. The summed E-state index contributed by atoms with van der Waals surface area (Å²) in [5.74, 6) is 2.49. The number of methoxy groups -OCH3 is 3. The van der Waals surface area contributed by atoms with Gasteiger partial charge in [0, 0.05) is 11.1 Å². The number of hydrogen-bond acceptors (Lipinski definition) is 6. The van der Waals surface area contributed by atoms with Crippen molar-refractivity contribution in [3.05, 3.63) is 71.3 Å². The van der Waals surface area contributed by atoms with Crippen LogP contribution in [0.2, 0.25) is 0 Å². The van der Waals surface area contributed by atoms with Crippen LogP contribution in [0.1, 0.15) is 22.8 Å². The van der Waals surface area contributed by atoms with Crippen molar-refractivity contribution in [1.82, 2.24) is 0 Å². The molecule has 0 amide bonds. The summed E-state index contributed by atoms with van der Waals surface area (Å²) in [6.07, 6.45) is -0.123. The van der Waals surface area contributed by atoms with Gasteiger partial charge in [-0.05, 0) is 41.8 Å². The van der Waals surface area contributed by atoms with Crippen molar-refractivity contribution in [3.8, 4) is 34.1 Å². The summed E-state index contributed by atoms with van der Waals surface area (Å²) in [6.45, 7) is 0. The third-order valence-electron chi connectivity index (χ3n) is 5.51. The molecular weight excluding hydrogens is 430 g/mol. The number of aryl methyl sites for hydroxylation is 1. The minimum absolute atomic E-state index is 0.131. The SMILES string of the molecule is COc1ccc(C2Oc3cccc(OC)c3-c3ccc(CCS(N)(=O)=O)cc32)cc1OC. The van der Waals surface area contributed by atoms with Crippen LogP contribution >= 0.6 is 0 Å². The van der Waals surface area contributed by atoms with Crippen molar-refractivity contribution in [2.75, 3.05) is 27.1 Å². The molecule has 0 spiro atoms. The summed E-state index contributed by atoms with van der Waals surface area (Å²) < 4.78 is 45.8. The molecule has 0 fully saturated rings. The Labute approximate surface area is 187 Å². The maximum atomic E-state index is 11.5. The van der Waals surface area contributed by atoms with Crippen molar-refractivity contribution in [3.63, 3.8) is 0 Å². The van der Waals surface area contributed by atoms with Crippen LogP contribution in [-0.2, 0) is 16.4 Å². The van der Waals surface area contributed by atoms with E-state index in [-0.39, 0.29) is 5.75 Å². The van der Waals surface area contributed by atoms with Crippen molar-refractivity contribution in [1.29, 1.82) is 0 Å². The van der Waals surface area contributed by atoms with Gasteiger partial charge in [0.25, 0.3) is 0 Å². The second kappa shape index (κ2) is 8.72. The van der Waals surface area contributed by atoms with Crippen LogP contribution in [0.3, 0.4) is 0 Å². The molecule has 1 aliphatic rings. The third-order valence-corrected chi connectivity index (χ3v) is 6.28. The fourth-order valence-corrected chi connectivity index (χ4v) is 4.49. The third kappa shape index (κ3) is 4.24. The largest absolute Gasteiger partial charge is 0.496 e. The van der Waals surface area contributed by atoms with Crippen molar-refractivity contribution < 1.29 is 27.4 Å². The molecule has 7 nitrogen and oxygen atoms in total. The smallest absolute Gasteiger partial charge is 0.209 e. The summed E-state index contributed by atoms with van der Waals surface area (Å²) in [5, 5.41) is 5.21. The lowest BCUT2D eigenvalue weighted by atomic mass is 9.87. The monoisotopic (exact) mass is 455 g/mol. The van der Waals surface area contributed by atoms with Gasteiger partial charge in [0.1, 0.15) is 17.6 Å². The first kappa shape index (κ1) is 22.0. The number of fused-ring (bicyclic) bond motifs is 3. The number of ether oxygens (including phenoxy) is 4. The number of sulfonamides is 1. The second-order valence-corrected chi connectivity index (χ2v) is 9.22. The van der Waals surface area contributed by atoms with Gasteiger partial charge in [0.15, 0.2) is 11.5 Å². The molecule has 3 aromatic rings. The maximum absolute atomic E-state index is 11.5. The molecule has 0 aliphatic carbocycles. The molecule has 2 N–H and O–H groups in total. The minimum atomic E-state index is -3.57. The summed E-state index contributed by atoms with van der Waals surface area (Å²) in [4.78, 5) is 0. The lowest BCUT2D eigenvalue weighted by Gasteiger charge is -2.31. The molecule has 0 saturated carbocycles. The molecule has 0 radical (unpaired) electrons. The summed E-state index contributed by atoms with van der Waals surface area (Å²) >= 11 is 0. The Balaban J connectivity index is 1.86. The van der Waals surface area contributed by atoms with Gasteiger partial charge in [0.2, 0.25) is 10.0 Å². The lowest BCUT2D eigenvalue weighted by Crippen LogP contribution is -2.19. The van der Waals surface area contributed by atoms with E-state index in [1.54, 1.807) is 21.3 Å². The van der Waals surface area contributed by atoms with Gasteiger partial charge < -0.3 is 18.9 Å². The fourth-order valence-electron chi connectivity index (χ4n) is 3.97. The zero-order valence-corrected chi connectivity index (χ0v) is 18.9. The quantitative estimate of drug-likeness (QED) is 0.584. The molecule has 1 aliphatic heterocycles. The molecule has 0 saturated heterocycles. The molecule has 3 aromatic carbocycles. The van der Waals surface area contributed by atoms with Gasteiger partial charge in [-0.15, -0.1) is 0 Å². The summed E-state index contributed by atoms with van der Waals surface area (Å²) in [5.41, 5.74) is 4.45. The molecule has 1 atom stereocenters. The Morgan fingerprint density at radius 1 is 0.906 bits per heavy atom. The number of primary sulfonamides is 1. The first-order chi connectivity index (χ1) is 15.3.